The van der Waals surface area contributed by atoms with Gasteiger partial charge in [-0.25, -0.2) is 0 Å². The van der Waals surface area contributed by atoms with Crippen molar-refractivity contribution in [3.05, 3.63) is 0 Å². The molecule has 0 aromatic rings. The van der Waals surface area contributed by atoms with Crippen molar-refractivity contribution < 1.29 is 13.6 Å². The third-order valence-electron chi connectivity index (χ3n) is 4.91. The Kier molecular flexibility index (Phi) is 8.94. The van der Waals surface area contributed by atoms with Gasteiger partial charge in [-0.3, -0.25) is 4.79 Å². The Balaban J connectivity index is 5.44. The topological polar surface area (TPSA) is 35.5 Å². The first-order chi connectivity index (χ1) is 10.7. The van der Waals surface area contributed by atoms with Crippen LogP contribution < -0.4 is 0 Å². The second-order valence-electron chi connectivity index (χ2n) is 9.38. The molecule has 3 nitrogen and oxygen atoms in total. The monoisotopic (exact) mass is 372 g/mol. The van der Waals surface area contributed by atoms with Crippen LogP contribution in [-0.4, -0.2) is 30.2 Å². The summed E-state index contributed by atoms with van der Waals surface area (Å²) in [6.45, 7) is 24.0. The van der Waals surface area contributed by atoms with E-state index in [1.807, 2.05) is 20.8 Å². The number of carbonyl (C=O) groups excluding carboxylic acids is 1. The van der Waals surface area contributed by atoms with Gasteiger partial charge in [0, 0.05) is 6.10 Å². The van der Waals surface area contributed by atoms with Crippen molar-refractivity contribution in [2.45, 2.75) is 110 Å². The Labute approximate surface area is 154 Å². The summed E-state index contributed by atoms with van der Waals surface area (Å²) in [6, 6.07) is 0.746. The van der Waals surface area contributed by atoms with Gasteiger partial charge in [-0.1, -0.05) is 68.7 Å². The van der Waals surface area contributed by atoms with E-state index < -0.39 is 8.32 Å². The fraction of sp³-hybridized carbons (Fsp3) is 0.947. The van der Waals surface area contributed by atoms with Gasteiger partial charge in [0.05, 0.1) is 5.92 Å². The van der Waals surface area contributed by atoms with E-state index in [-0.39, 0.29) is 28.1 Å². The van der Waals surface area contributed by atoms with Crippen LogP contribution in [0.5, 0.6) is 0 Å². The van der Waals surface area contributed by atoms with E-state index in [0.29, 0.717) is 15.3 Å². The van der Waals surface area contributed by atoms with Crippen LogP contribution in [0.4, 0.5) is 0 Å². The van der Waals surface area contributed by atoms with Crippen LogP contribution in [0.15, 0.2) is 0 Å². The molecule has 0 N–H and O–H groups in total. The molecule has 0 saturated carbocycles. The first kappa shape index (κ1) is 23.9. The van der Waals surface area contributed by atoms with E-state index in [2.05, 4.69) is 55.4 Å². The van der Waals surface area contributed by atoms with Crippen LogP contribution in [0.1, 0.15) is 82.6 Å². The smallest absolute Gasteiger partial charge is 0.295 e. The maximum absolute atomic E-state index is 12.9. The molecule has 0 aliphatic carbocycles. The summed E-state index contributed by atoms with van der Waals surface area (Å²) in [6.07, 6.45) is 1.25. The maximum atomic E-state index is 12.9. The highest BCUT2D eigenvalue weighted by atomic mass is 28.4. The minimum absolute atomic E-state index is 0.00717. The molecule has 2 unspecified atom stereocenters. The molecule has 0 saturated heterocycles. The van der Waals surface area contributed by atoms with Crippen LogP contribution in [0, 0.1) is 5.92 Å². The molecule has 0 heterocycles. The van der Waals surface area contributed by atoms with Gasteiger partial charge in [0.1, 0.15) is 0 Å². The van der Waals surface area contributed by atoms with E-state index in [4.69, 9.17) is 8.85 Å². The van der Waals surface area contributed by atoms with Crippen LogP contribution in [-0.2, 0) is 13.6 Å². The minimum atomic E-state index is -2.38. The molecule has 0 amide bonds. The first-order valence-electron chi connectivity index (χ1n) is 9.32. The van der Waals surface area contributed by atoms with Gasteiger partial charge < -0.3 is 8.85 Å². The van der Waals surface area contributed by atoms with E-state index in [9.17, 15) is 4.79 Å². The van der Waals surface area contributed by atoms with Crippen molar-refractivity contribution in [2.75, 3.05) is 0 Å². The predicted molar refractivity (Wildman–Crippen MR) is 107 cm³/mol. The Morgan fingerprint density at radius 1 is 1.00 bits per heavy atom. The number of rotatable bonds is 8. The van der Waals surface area contributed by atoms with Crippen molar-refractivity contribution >= 4 is 24.0 Å². The average Bonchev–Trinajstić information content (AvgIpc) is 2.40. The largest absolute Gasteiger partial charge is 0.518 e. The first-order valence-corrected chi connectivity index (χ1v) is 12.4. The molecular formula is C19H40O3Si2. The molecule has 142 valence electrons. The van der Waals surface area contributed by atoms with Gasteiger partial charge in [-0.05, 0) is 35.5 Å². The average molecular weight is 373 g/mol. The Morgan fingerprint density at radius 2 is 1.46 bits per heavy atom. The molecule has 0 aliphatic rings. The summed E-state index contributed by atoms with van der Waals surface area (Å²) in [7, 11) is -2.02. The van der Waals surface area contributed by atoms with Crippen LogP contribution in [0.2, 0.25) is 21.7 Å². The fourth-order valence-corrected chi connectivity index (χ4v) is 11.9. The van der Waals surface area contributed by atoms with Crippen molar-refractivity contribution in [2.24, 2.45) is 5.92 Å². The number of carbonyl (C=O) groups is 1. The third-order valence-corrected chi connectivity index (χ3v) is 13.1. The zero-order valence-electron chi connectivity index (χ0n) is 17.9. The third kappa shape index (κ3) is 5.70. The SMILES string of the molecule is CCC(C)[Si](OC(=O)C(C)C[Si]OC(C)C)(C(C)(C)C)C(C)(C)C. The van der Waals surface area contributed by atoms with Gasteiger partial charge in [0.15, 0.2) is 0 Å². The Hall–Kier alpha value is -0.136. The van der Waals surface area contributed by atoms with Gasteiger partial charge in [0.2, 0.25) is 9.76 Å². The molecular weight excluding hydrogens is 332 g/mol. The lowest BCUT2D eigenvalue weighted by atomic mass is 10.2. The van der Waals surface area contributed by atoms with Crippen LogP contribution >= 0.6 is 0 Å². The lowest BCUT2D eigenvalue weighted by Crippen LogP contribution is -2.59. The molecule has 0 bridgehead atoms. The van der Waals surface area contributed by atoms with E-state index in [1.165, 1.54) is 0 Å². The molecule has 0 aliphatic heterocycles. The van der Waals surface area contributed by atoms with E-state index >= 15 is 0 Å². The quantitative estimate of drug-likeness (QED) is 0.492. The maximum Gasteiger partial charge on any atom is 0.295 e. The number of hydrogen-bond acceptors (Lipinski definition) is 3. The second-order valence-corrected chi connectivity index (χ2v) is 16.0. The molecule has 0 aromatic carbocycles. The zero-order valence-corrected chi connectivity index (χ0v) is 19.9. The highest BCUT2D eigenvalue weighted by Crippen LogP contribution is 2.58. The summed E-state index contributed by atoms with van der Waals surface area (Å²) in [5.74, 6) is -0.144. The molecule has 0 spiro atoms. The van der Waals surface area contributed by atoms with Crippen molar-refractivity contribution in [3.8, 4) is 0 Å². The minimum Gasteiger partial charge on any atom is -0.518 e. The lowest BCUT2D eigenvalue weighted by molar-refractivity contribution is -0.139. The van der Waals surface area contributed by atoms with E-state index in [1.54, 1.807) is 0 Å². The summed E-state index contributed by atoms with van der Waals surface area (Å²) in [5.41, 5.74) is 0.419. The Morgan fingerprint density at radius 3 is 1.79 bits per heavy atom. The molecule has 2 radical (unpaired) electrons. The molecule has 24 heavy (non-hydrogen) atoms. The summed E-state index contributed by atoms with van der Waals surface area (Å²) in [5, 5.41) is -0.0143. The van der Waals surface area contributed by atoms with Gasteiger partial charge in [0.25, 0.3) is 14.3 Å². The normalized spacial score (nSPS) is 16.2. The second kappa shape index (κ2) is 8.99. The zero-order chi connectivity index (χ0) is 19.3. The summed E-state index contributed by atoms with van der Waals surface area (Å²) in [4.78, 5) is 12.9. The van der Waals surface area contributed by atoms with Crippen molar-refractivity contribution in [1.82, 2.24) is 0 Å². The molecule has 2 atom stereocenters. The molecule has 0 rings (SSSR count). The Bertz CT molecular complexity index is 380. The molecule has 5 heteroatoms. The predicted octanol–water partition coefficient (Wildman–Crippen LogP) is 5.97. The highest BCUT2D eigenvalue weighted by Gasteiger charge is 2.60. The number of hydrogen-bond donors (Lipinski definition) is 0. The van der Waals surface area contributed by atoms with E-state index in [0.717, 1.165) is 12.5 Å². The lowest BCUT2D eigenvalue weighted by Gasteiger charge is -2.53. The molecule has 0 aromatic heterocycles. The summed E-state index contributed by atoms with van der Waals surface area (Å²) < 4.78 is 12.1. The van der Waals surface area contributed by atoms with Gasteiger partial charge >= 0.3 is 0 Å². The van der Waals surface area contributed by atoms with Crippen LogP contribution in [0.3, 0.4) is 0 Å². The van der Waals surface area contributed by atoms with Gasteiger partial charge in [-0.15, -0.1) is 0 Å². The van der Waals surface area contributed by atoms with Crippen molar-refractivity contribution in [1.29, 1.82) is 0 Å². The fourth-order valence-electron chi connectivity index (χ4n) is 3.98. The standard InChI is InChI=1S/C19H40O3Si2/c1-12-16(5)24(18(6,7)8,19(9,10)11)22-17(20)15(4)13-23-21-14(2)3/h14-16H,12-13H2,1-11H3. The van der Waals surface area contributed by atoms with Crippen molar-refractivity contribution in [3.63, 3.8) is 0 Å². The van der Waals surface area contributed by atoms with Crippen LogP contribution in [0.25, 0.3) is 0 Å². The molecule has 0 fully saturated rings. The van der Waals surface area contributed by atoms with Gasteiger partial charge in [-0.2, -0.15) is 0 Å². The summed E-state index contributed by atoms with van der Waals surface area (Å²) >= 11 is 0. The highest BCUT2D eigenvalue weighted by molar-refractivity contribution is 6.81.